The molecule has 0 spiro atoms. The van der Waals surface area contributed by atoms with Crippen LogP contribution in [0.1, 0.15) is 0 Å². The minimum atomic E-state index is -1.05. The number of hydrogen-bond donors (Lipinski definition) is 1. The van der Waals surface area contributed by atoms with Crippen molar-refractivity contribution >= 4 is 11.3 Å². The Morgan fingerprint density at radius 3 is 2.83 bits per heavy atom. The van der Waals surface area contributed by atoms with Crippen LogP contribution < -0.4 is 0 Å². The van der Waals surface area contributed by atoms with Crippen LogP contribution in [0.5, 0.6) is 0 Å². The van der Waals surface area contributed by atoms with Crippen molar-refractivity contribution in [2.24, 2.45) is 4.36 Å². The van der Waals surface area contributed by atoms with Crippen molar-refractivity contribution in [1.82, 2.24) is 0 Å². The third kappa shape index (κ3) is 0.767. The van der Waals surface area contributed by atoms with Gasteiger partial charge in [0.2, 0.25) is 0 Å². The minimum Gasteiger partial charge on any atom is -0.300 e. The molecular formula is C2H5NO2S. The lowest BCUT2D eigenvalue weighted by Crippen LogP contribution is -1.85. The lowest BCUT2D eigenvalue weighted by molar-refractivity contribution is 0.367. The molecule has 0 aromatic rings. The number of hydrogen-bond acceptors (Lipinski definition) is 2. The fourth-order valence-electron chi connectivity index (χ4n) is 0.264. The van der Waals surface area contributed by atoms with Gasteiger partial charge in [0.1, 0.15) is 0 Å². The average Bonchev–Trinajstić information content (AvgIpc) is 1.86. The minimum absolute atomic E-state index is 0.583. The molecule has 0 fully saturated rings. The first-order chi connectivity index (χ1) is 2.89. The van der Waals surface area contributed by atoms with E-state index in [0.717, 1.165) is 0 Å². The summed E-state index contributed by atoms with van der Waals surface area (Å²) in [6.45, 7) is 1.24. The summed E-state index contributed by atoms with van der Waals surface area (Å²) in [4.78, 5) is 0. The second-order valence-electron chi connectivity index (χ2n) is 0.905. The molecule has 0 bridgehead atoms. The summed E-state index contributed by atoms with van der Waals surface area (Å²) in [6.07, 6.45) is 0. The zero-order chi connectivity index (χ0) is 4.41. The smallest absolute Gasteiger partial charge is 0.173 e. The third-order valence-corrected chi connectivity index (χ3v) is 1.26. The Hall–Kier alpha value is 0.0700. The van der Waals surface area contributed by atoms with Crippen molar-refractivity contribution in [1.29, 1.82) is 0 Å². The molecule has 36 valence electrons. The highest BCUT2D eigenvalue weighted by molar-refractivity contribution is 7.76. The Labute approximate surface area is 38.5 Å². The molecule has 0 amide bonds. The van der Waals surface area contributed by atoms with E-state index in [2.05, 4.69) is 8.55 Å². The molecule has 0 saturated heterocycles. The predicted molar refractivity (Wildman–Crippen MR) is 23.2 cm³/mol. The lowest BCUT2D eigenvalue weighted by Gasteiger charge is -1.81. The van der Waals surface area contributed by atoms with Gasteiger partial charge in [-0.05, 0) is 0 Å². The highest BCUT2D eigenvalue weighted by Crippen LogP contribution is 1.93. The first-order valence-electron chi connectivity index (χ1n) is 1.64. The van der Waals surface area contributed by atoms with Crippen LogP contribution in [-0.2, 0) is 15.4 Å². The second kappa shape index (κ2) is 1.68. The molecule has 1 heterocycles. The van der Waals surface area contributed by atoms with E-state index in [9.17, 15) is 0 Å². The Morgan fingerprint density at radius 1 is 1.83 bits per heavy atom. The van der Waals surface area contributed by atoms with E-state index < -0.39 is 11.3 Å². The van der Waals surface area contributed by atoms with Crippen LogP contribution in [0.15, 0.2) is 4.36 Å². The quantitative estimate of drug-likeness (QED) is 0.480. The molecule has 1 aliphatic rings. The lowest BCUT2D eigenvalue weighted by atomic mass is 10.8. The Kier molecular flexibility index (Phi) is 1.19. The van der Waals surface area contributed by atoms with Gasteiger partial charge >= 0.3 is 0 Å². The van der Waals surface area contributed by atoms with E-state index in [1.54, 1.807) is 0 Å². The highest BCUT2D eigenvalue weighted by atomic mass is 32.2. The molecule has 0 radical (unpaired) electrons. The number of nitrogens with zero attached hydrogens (tertiary/aromatic N) is 1. The molecule has 1 unspecified atom stereocenters. The fourth-order valence-corrected chi connectivity index (χ4v) is 0.793. The zero-order valence-corrected chi connectivity index (χ0v) is 3.94. The largest absolute Gasteiger partial charge is 0.300 e. The van der Waals surface area contributed by atoms with Crippen LogP contribution in [0, 0.1) is 0 Å². The van der Waals surface area contributed by atoms with E-state index in [-0.39, 0.29) is 0 Å². The SMILES string of the molecule is OS1=NCCO1. The van der Waals surface area contributed by atoms with Crippen LogP contribution >= 0.6 is 0 Å². The van der Waals surface area contributed by atoms with Crippen LogP contribution in [0.25, 0.3) is 0 Å². The summed E-state index contributed by atoms with van der Waals surface area (Å²) in [6, 6.07) is 0. The molecule has 3 nitrogen and oxygen atoms in total. The van der Waals surface area contributed by atoms with Gasteiger partial charge in [0.05, 0.1) is 13.2 Å². The molecule has 0 aliphatic carbocycles. The van der Waals surface area contributed by atoms with Crippen LogP contribution in [0.4, 0.5) is 0 Å². The van der Waals surface area contributed by atoms with Crippen LogP contribution in [0.3, 0.4) is 0 Å². The van der Waals surface area contributed by atoms with E-state index in [0.29, 0.717) is 13.2 Å². The maximum Gasteiger partial charge on any atom is 0.173 e. The van der Waals surface area contributed by atoms with Crippen molar-refractivity contribution in [3.05, 3.63) is 0 Å². The fraction of sp³-hybridized carbons (Fsp3) is 1.00. The van der Waals surface area contributed by atoms with Gasteiger partial charge in [0.25, 0.3) is 0 Å². The van der Waals surface area contributed by atoms with Gasteiger partial charge in [0.15, 0.2) is 11.3 Å². The Morgan fingerprint density at radius 2 is 2.67 bits per heavy atom. The molecule has 0 saturated carbocycles. The average molecular weight is 107 g/mol. The van der Waals surface area contributed by atoms with Crippen molar-refractivity contribution in [2.75, 3.05) is 13.2 Å². The van der Waals surface area contributed by atoms with Gasteiger partial charge in [0, 0.05) is 0 Å². The molecule has 1 N–H and O–H groups in total. The molecule has 0 aromatic carbocycles. The van der Waals surface area contributed by atoms with Crippen LogP contribution in [-0.4, -0.2) is 17.7 Å². The van der Waals surface area contributed by atoms with Gasteiger partial charge in [-0.15, -0.1) is 0 Å². The van der Waals surface area contributed by atoms with Crippen LogP contribution in [0.2, 0.25) is 0 Å². The summed E-state index contributed by atoms with van der Waals surface area (Å²) >= 11 is -1.05. The zero-order valence-electron chi connectivity index (χ0n) is 3.13. The highest BCUT2D eigenvalue weighted by Gasteiger charge is 1.97. The first kappa shape index (κ1) is 4.23. The summed E-state index contributed by atoms with van der Waals surface area (Å²) in [5.41, 5.74) is 0. The van der Waals surface area contributed by atoms with Crippen molar-refractivity contribution in [3.8, 4) is 0 Å². The molecular weight excluding hydrogens is 102 g/mol. The Bertz CT molecular complexity index is 81.6. The molecule has 1 rings (SSSR count). The van der Waals surface area contributed by atoms with Crippen molar-refractivity contribution in [2.45, 2.75) is 0 Å². The summed E-state index contributed by atoms with van der Waals surface area (Å²) in [5, 5.41) is 0. The number of rotatable bonds is 0. The monoisotopic (exact) mass is 107 g/mol. The van der Waals surface area contributed by atoms with Gasteiger partial charge in [-0.25, -0.2) is 4.36 Å². The molecule has 6 heavy (non-hydrogen) atoms. The first-order valence-corrected chi connectivity index (χ1v) is 2.70. The maximum atomic E-state index is 8.37. The van der Waals surface area contributed by atoms with Gasteiger partial charge in [-0.2, -0.15) is 0 Å². The summed E-state index contributed by atoms with van der Waals surface area (Å²) < 4.78 is 16.5. The third-order valence-electron chi connectivity index (χ3n) is 0.482. The van der Waals surface area contributed by atoms with Gasteiger partial charge in [-0.3, -0.25) is 4.18 Å². The topological polar surface area (TPSA) is 41.8 Å². The molecule has 1 atom stereocenters. The normalized spacial score (nSPS) is 33.2. The van der Waals surface area contributed by atoms with Crippen molar-refractivity contribution < 1.29 is 8.74 Å². The van der Waals surface area contributed by atoms with E-state index in [4.69, 9.17) is 4.55 Å². The van der Waals surface area contributed by atoms with E-state index >= 15 is 0 Å². The Balaban J connectivity index is 2.45. The van der Waals surface area contributed by atoms with Crippen molar-refractivity contribution in [3.63, 3.8) is 0 Å². The predicted octanol–water partition coefficient (Wildman–Crippen LogP) is 0.206. The standard InChI is InChI=1S/C2H5NO2S/c4-6-3-1-2-5-6/h1-2H2,(H,3,4). The summed E-state index contributed by atoms with van der Waals surface area (Å²) in [5.74, 6) is 0. The van der Waals surface area contributed by atoms with E-state index in [1.165, 1.54) is 0 Å². The molecule has 1 aliphatic heterocycles. The van der Waals surface area contributed by atoms with E-state index in [1.807, 2.05) is 0 Å². The molecule has 4 heteroatoms. The van der Waals surface area contributed by atoms with Gasteiger partial charge in [-0.1, -0.05) is 0 Å². The second-order valence-corrected chi connectivity index (χ2v) is 1.86. The maximum absolute atomic E-state index is 8.37. The molecule has 0 aromatic heterocycles. The van der Waals surface area contributed by atoms with Gasteiger partial charge < -0.3 is 4.55 Å². The summed E-state index contributed by atoms with van der Waals surface area (Å²) in [7, 11) is 0.